The second-order valence-electron chi connectivity index (χ2n) is 9.53. The maximum atomic E-state index is 13.8. The van der Waals surface area contributed by atoms with Crippen LogP contribution in [0.2, 0.25) is 0 Å². The average Bonchev–Trinajstić information content (AvgIpc) is 3.30. The zero-order valence-corrected chi connectivity index (χ0v) is 18.5. The van der Waals surface area contributed by atoms with Crippen LogP contribution >= 0.6 is 0 Å². The van der Waals surface area contributed by atoms with Gasteiger partial charge >= 0.3 is 0 Å². The molecular weight excluding hydrogens is 419 g/mol. The van der Waals surface area contributed by atoms with Crippen LogP contribution in [0.4, 0.5) is 4.39 Å². The Morgan fingerprint density at radius 2 is 1.88 bits per heavy atom. The van der Waals surface area contributed by atoms with Crippen molar-refractivity contribution in [3.8, 4) is 0 Å². The Kier molecular flexibility index (Phi) is 4.93. The summed E-state index contributed by atoms with van der Waals surface area (Å²) in [5, 5.41) is 2.95. The van der Waals surface area contributed by atoms with Crippen LogP contribution in [0.3, 0.4) is 0 Å². The van der Waals surface area contributed by atoms with Crippen LogP contribution in [0.25, 0.3) is 11.0 Å². The Morgan fingerprint density at radius 1 is 1.09 bits per heavy atom. The lowest BCUT2D eigenvalue weighted by molar-refractivity contribution is -0.133. The Balaban J connectivity index is 1.17. The summed E-state index contributed by atoms with van der Waals surface area (Å²) >= 11 is 0. The molecule has 6 rings (SSSR count). The van der Waals surface area contributed by atoms with Crippen LogP contribution in [0, 0.1) is 5.82 Å². The summed E-state index contributed by atoms with van der Waals surface area (Å²) in [7, 11) is 0. The fourth-order valence-electron chi connectivity index (χ4n) is 5.59. The molecule has 1 N–H and O–H groups in total. The van der Waals surface area contributed by atoms with Crippen LogP contribution in [0.1, 0.15) is 78.3 Å². The minimum Gasteiger partial charge on any atom is -0.345 e. The maximum absolute atomic E-state index is 13.8. The molecule has 0 bridgehead atoms. The summed E-state index contributed by atoms with van der Waals surface area (Å²) in [6, 6.07) is 12.4. The first-order chi connectivity index (χ1) is 16.1. The molecule has 0 unspecified atom stereocenters. The second-order valence-corrected chi connectivity index (χ2v) is 9.53. The largest absolute Gasteiger partial charge is 0.345 e. The fraction of sp³-hybridized carbons (Fsp3) is 0.423. The lowest BCUT2D eigenvalue weighted by Crippen LogP contribution is -2.40. The van der Waals surface area contributed by atoms with Gasteiger partial charge in [0.05, 0.1) is 23.5 Å². The molecule has 1 atom stereocenters. The molecule has 1 aromatic heterocycles. The van der Waals surface area contributed by atoms with E-state index in [0.29, 0.717) is 24.6 Å². The Hall–Kier alpha value is -3.22. The minimum atomic E-state index is -0.256. The van der Waals surface area contributed by atoms with Gasteiger partial charge < -0.3 is 14.8 Å². The van der Waals surface area contributed by atoms with Gasteiger partial charge in [-0.15, -0.1) is 0 Å². The van der Waals surface area contributed by atoms with Crippen molar-refractivity contribution in [2.75, 3.05) is 13.1 Å². The topological polar surface area (TPSA) is 67.2 Å². The number of imidazole rings is 1. The number of fused-ring (bicyclic) bond motifs is 2. The first-order valence-electron chi connectivity index (χ1n) is 11.9. The van der Waals surface area contributed by atoms with E-state index in [4.69, 9.17) is 4.98 Å². The number of nitrogens with one attached hydrogen (secondary N) is 1. The molecule has 2 aliphatic heterocycles. The van der Waals surface area contributed by atoms with Gasteiger partial charge in [0.1, 0.15) is 11.6 Å². The quantitative estimate of drug-likeness (QED) is 0.643. The maximum Gasteiger partial charge on any atom is 0.252 e. The predicted molar refractivity (Wildman–Crippen MR) is 122 cm³/mol. The van der Waals surface area contributed by atoms with E-state index in [9.17, 15) is 14.0 Å². The molecule has 0 radical (unpaired) electrons. The van der Waals surface area contributed by atoms with Crippen molar-refractivity contribution < 1.29 is 14.0 Å². The Labute approximate surface area is 191 Å². The number of carbonyl (C=O) groups excluding carboxylic acids is 2. The number of halogens is 1. The van der Waals surface area contributed by atoms with Crippen LogP contribution in [0.5, 0.6) is 0 Å². The lowest BCUT2D eigenvalue weighted by atomic mass is 9.84. The average molecular weight is 447 g/mol. The number of rotatable bonds is 4. The van der Waals surface area contributed by atoms with Gasteiger partial charge in [0.2, 0.25) is 5.91 Å². The molecule has 6 nitrogen and oxygen atoms in total. The number of amides is 2. The molecule has 2 aromatic carbocycles. The van der Waals surface area contributed by atoms with Gasteiger partial charge in [-0.1, -0.05) is 24.6 Å². The van der Waals surface area contributed by atoms with Crippen LogP contribution in [-0.2, 0) is 4.79 Å². The van der Waals surface area contributed by atoms with E-state index in [-0.39, 0.29) is 36.1 Å². The molecule has 1 saturated carbocycles. The number of piperidine rings is 1. The second kappa shape index (κ2) is 7.97. The third kappa shape index (κ3) is 3.50. The van der Waals surface area contributed by atoms with E-state index in [1.165, 1.54) is 18.6 Å². The van der Waals surface area contributed by atoms with Gasteiger partial charge in [-0.2, -0.15) is 0 Å². The first kappa shape index (κ1) is 20.4. The molecule has 1 saturated heterocycles. The molecule has 3 aromatic rings. The third-order valence-corrected chi connectivity index (χ3v) is 7.60. The van der Waals surface area contributed by atoms with Gasteiger partial charge in [-0.05, 0) is 49.4 Å². The van der Waals surface area contributed by atoms with Crippen LogP contribution < -0.4 is 5.32 Å². The Bertz CT molecular complexity index is 1240. The SMILES string of the molecule is O=C1N[C@H](CC(=O)N2CCC(n3c(C4CCC4)nc4cc(F)ccc43)CC2)c2ccccc21. The van der Waals surface area contributed by atoms with E-state index >= 15 is 0 Å². The molecule has 7 heteroatoms. The van der Waals surface area contributed by atoms with Crippen LogP contribution in [0.15, 0.2) is 42.5 Å². The van der Waals surface area contributed by atoms with E-state index < -0.39 is 0 Å². The Morgan fingerprint density at radius 3 is 2.64 bits per heavy atom. The zero-order chi connectivity index (χ0) is 22.5. The first-order valence-corrected chi connectivity index (χ1v) is 11.9. The molecule has 2 amide bonds. The van der Waals surface area contributed by atoms with Gasteiger partial charge in [-0.3, -0.25) is 9.59 Å². The van der Waals surface area contributed by atoms with Crippen LogP contribution in [-0.4, -0.2) is 39.4 Å². The predicted octanol–water partition coefficient (Wildman–Crippen LogP) is 4.48. The van der Waals surface area contributed by atoms with Crippen molar-refractivity contribution in [1.82, 2.24) is 19.8 Å². The molecule has 1 aliphatic carbocycles. The van der Waals surface area contributed by atoms with Crippen molar-refractivity contribution >= 4 is 22.8 Å². The van der Waals surface area contributed by atoms with Crippen molar-refractivity contribution in [3.63, 3.8) is 0 Å². The summed E-state index contributed by atoms with van der Waals surface area (Å²) < 4.78 is 16.1. The van der Waals surface area contributed by atoms with E-state index in [2.05, 4.69) is 9.88 Å². The highest BCUT2D eigenvalue weighted by atomic mass is 19.1. The number of hydrogen-bond donors (Lipinski definition) is 1. The normalized spacial score (nSPS) is 21.2. The lowest BCUT2D eigenvalue weighted by Gasteiger charge is -2.36. The smallest absolute Gasteiger partial charge is 0.252 e. The van der Waals surface area contributed by atoms with Gasteiger partial charge in [0.25, 0.3) is 5.91 Å². The summed E-state index contributed by atoms with van der Waals surface area (Å²) in [5.41, 5.74) is 3.30. The summed E-state index contributed by atoms with van der Waals surface area (Å²) in [6.45, 7) is 1.35. The van der Waals surface area contributed by atoms with Gasteiger partial charge in [-0.25, -0.2) is 9.37 Å². The van der Waals surface area contributed by atoms with Gasteiger partial charge in [0, 0.05) is 36.7 Å². The molecule has 33 heavy (non-hydrogen) atoms. The molecular formula is C26H27FN4O2. The summed E-state index contributed by atoms with van der Waals surface area (Å²) in [5.74, 6) is 1.25. The van der Waals surface area contributed by atoms with Crippen molar-refractivity contribution in [3.05, 3.63) is 65.2 Å². The number of aromatic nitrogens is 2. The number of benzene rings is 2. The highest BCUT2D eigenvalue weighted by molar-refractivity contribution is 5.99. The van der Waals surface area contributed by atoms with E-state index in [1.807, 2.05) is 35.2 Å². The van der Waals surface area contributed by atoms with E-state index in [0.717, 1.165) is 48.1 Å². The zero-order valence-electron chi connectivity index (χ0n) is 18.5. The van der Waals surface area contributed by atoms with Crippen molar-refractivity contribution in [2.45, 2.75) is 56.5 Å². The van der Waals surface area contributed by atoms with E-state index in [1.54, 1.807) is 0 Å². The molecule has 2 fully saturated rings. The minimum absolute atomic E-state index is 0.0761. The molecule has 0 spiro atoms. The highest BCUT2D eigenvalue weighted by Gasteiger charge is 2.34. The standard InChI is InChI=1S/C26H27FN4O2/c27-17-8-9-23-22(14-17)28-25(16-4-3-5-16)31(23)18-10-12-30(13-11-18)24(32)15-21-19-6-1-2-7-20(19)26(33)29-21/h1-2,6-9,14,16,18,21H,3-5,10-13,15H2,(H,29,33)/t21-/m1/s1. The van der Waals surface area contributed by atoms with Crippen molar-refractivity contribution in [2.24, 2.45) is 0 Å². The number of carbonyl (C=O) groups is 2. The molecule has 3 heterocycles. The fourth-order valence-corrected chi connectivity index (χ4v) is 5.59. The number of nitrogens with zero attached hydrogens (tertiary/aromatic N) is 3. The van der Waals surface area contributed by atoms with Gasteiger partial charge in [0.15, 0.2) is 0 Å². The molecule has 3 aliphatic rings. The highest BCUT2D eigenvalue weighted by Crippen LogP contribution is 2.40. The summed E-state index contributed by atoms with van der Waals surface area (Å²) in [4.78, 5) is 32.0. The third-order valence-electron chi connectivity index (χ3n) is 7.60. The number of likely N-dealkylation sites (tertiary alicyclic amines) is 1. The summed E-state index contributed by atoms with van der Waals surface area (Å²) in [6.07, 6.45) is 5.48. The van der Waals surface area contributed by atoms with Crippen molar-refractivity contribution in [1.29, 1.82) is 0 Å². The number of hydrogen-bond acceptors (Lipinski definition) is 3. The monoisotopic (exact) mass is 446 g/mol. The molecule has 170 valence electrons.